The molecule has 0 aliphatic carbocycles. The number of hydrogen-bond acceptors (Lipinski definition) is 18. The topological polar surface area (TPSA) is 288 Å². The molecular formula is C32H38O18. The van der Waals surface area contributed by atoms with E-state index < -0.39 is 115 Å². The molecule has 4 heterocycles. The number of hydrogen-bond donors (Lipinski definition) is 10. The van der Waals surface area contributed by atoms with Crippen molar-refractivity contribution in [2.75, 3.05) is 6.61 Å². The third kappa shape index (κ3) is 6.73. The molecule has 6 rings (SSSR count). The highest BCUT2D eigenvalue weighted by Gasteiger charge is 2.49. The summed E-state index contributed by atoms with van der Waals surface area (Å²) < 4.78 is 40.0. The maximum absolute atomic E-state index is 14.1. The predicted molar refractivity (Wildman–Crippen MR) is 164 cm³/mol. The number of aliphatic hydroxyl groups excluding tert-OH is 8. The van der Waals surface area contributed by atoms with Crippen molar-refractivity contribution < 1.29 is 83.9 Å². The van der Waals surface area contributed by atoms with E-state index in [-0.39, 0.29) is 28.4 Å². The summed E-state index contributed by atoms with van der Waals surface area (Å²) in [6.45, 7) is 2.40. The number of aromatic hydroxyl groups is 2. The minimum Gasteiger partial charge on any atom is -0.508 e. The molecule has 0 saturated carbocycles. The first-order chi connectivity index (χ1) is 23.7. The Morgan fingerprint density at radius 2 is 1.32 bits per heavy atom. The van der Waals surface area contributed by atoms with Crippen LogP contribution >= 0.6 is 0 Å². The molecule has 14 atom stereocenters. The van der Waals surface area contributed by atoms with E-state index in [1.54, 1.807) is 0 Å². The monoisotopic (exact) mass is 710 g/mol. The average molecular weight is 711 g/mol. The van der Waals surface area contributed by atoms with Gasteiger partial charge in [-0.05, 0) is 38.1 Å². The van der Waals surface area contributed by atoms with Crippen LogP contribution in [0.15, 0.2) is 45.6 Å². The first-order valence-corrected chi connectivity index (χ1v) is 15.6. The summed E-state index contributed by atoms with van der Waals surface area (Å²) in [5.41, 5.74) is -1.06. The highest BCUT2D eigenvalue weighted by Crippen LogP contribution is 2.39. The summed E-state index contributed by atoms with van der Waals surface area (Å²) >= 11 is 0. The lowest BCUT2D eigenvalue weighted by atomic mass is 9.99. The maximum atomic E-state index is 14.1. The van der Waals surface area contributed by atoms with Gasteiger partial charge >= 0.3 is 0 Å². The van der Waals surface area contributed by atoms with Crippen LogP contribution in [0.3, 0.4) is 0 Å². The number of rotatable bonds is 7. The van der Waals surface area contributed by atoms with Crippen LogP contribution in [0.5, 0.6) is 23.0 Å². The molecule has 2 aromatic carbocycles. The molecule has 0 unspecified atom stereocenters. The quantitative estimate of drug-likeness (QED) is 0.124. The summed E-state index contributed by atoms with van der Waals surface area (Å²) in [4.78, 5) is 14.1. The fourth-order valence-corrected chi connectivity index (χ4v) is 5.89. The van der Waals surface area contributed by atoms with Gasteiger partial charge in [0.1, 0.15) is 77.0 Å². The lowest BCUT2D eigenvalue weighted by molar-refractivity contribution is -0.341. The Kier molecular flexibility index (Phi) is 10.3. The minimum absolute atomic E-state index is 0.131. The summed E-state index contributed by atoms with van der Waals surface area (Å²) in [5.74, 6) is -1.84. The van der Waals surface area contributed by atoms with Crippen LogP contribution < -0.4 is 14.9 Å². The second kappa shape index (κ2) is 14.2. The molecule has 274 valence electrons. The van der Waals surface area contributed by atoms with Gasteiger partial charge in [0, 0.05) is 17.7 Å². The number of fused-ring (bicyclic) bond motifs is 1. The zero-order valence-corrected chi connectivity index (χ0v) is 26.5. The molecule has 3 aliphatic heterocycles. The van der Waals surface area contributed by atoms with Crippen molar-refractivity contribution in [1.29, 1.82) is 0 Å². The fraction of sp³-hybridized carbons (Fsp3) is 0.531. The molecule has 3 aliphatic rings. The third-order valence-electron chi connectivity index (χ3n) is 8.86. The van der Waals surface area contributed by atoms with Gasteiger partial charge in [-0.25, -0.2) is 0 Å². The fourth-order valence-electron chi connectivity index (χ4n) is 5.89. The Morgan fingerprint density at radius 3 is 2.00 bits per heavy atom. The van der Waals surface area contributed by atoms with Crippen LogP contribution in [0.4, 0.5) is 0 Å². The van der Waals surface area contributed by atoms with Crippen LogP contribution in [0.2, 0.25) is 0 Å². The van der Waals surface area contributed by atoms with Gasteiger partial charge in [0.15, 0.2) is 18.2 Å². The Balaban J connectivity index is 1.40. The van der Waals surface area contributed by atoms with E-state index in [0.717, 1.165) is 6.07 Å². The van der Waals surface area contributed by atoms with Crippen LogP contribution in [0.25, 0.3) is 22.3 Å². The van der Waals surface area contributed by atoms with Gasteiger partial charge in [0.05, 0.1) is 18.8 Å². The number of aliphatic hydroxyl groups is 8. The lowest BCUT2D eigenvalue weighted by Crippen LogP contribution is -2.62. The molecule has 1 aromatic heterocycles. The molecule has 10 N–H and O–H groups in total. The van der Waals surface area contributed by atoms with Crippen molar-refractivity contribution in [3.8, 4) is 34.3 Å². The molecule has 3 fully saturated rings. The Hall–Kier alpha value is -3.63. The largest absolute Gasteiger partial charge is 0.508 e. The molecule has 0 amide bonds. The summed E-state index contributed by atoms with van der Waals surface area (Å²) in [6.07, 6.45) is -21.5. The number of phenolic OH excluding ortho intramolecular Hbond substituents is 2. The van der Waals surface area contributed by atoms with Crippen molar-refractivity contribution in [1.82, 2.24) is 0 Å². The van der Waals surface area contributed by atoms with Gasteiger partial charge in [0.2, 0.25) is 23.8 Å². The highest BCUT2D eigenvalue weighted by atomic mass is 16.8. The van der Waals surface area contributed by atoms with E-state index in [1.165, 1.54) is 44.2 Å². The van der Waals surface area contributed by atoms with E-state index in [1.807, 2.05) is 0 Å². The van der Waals surface area contributed by atoms with Crippen molar-refractivity contribution >= 4 is 11.0 Å². The molecule has 18 nitrogen and oxygen atoms in total. The highest BCUT2D eigenvalue weighted by molar-refractivity contribution is 5.88. The first-order valence-electron chi connectivity index (χ1n) is 15.6. The van der Waals surface area contributed by atoms with E-state index in [4.69, 9.17) is 32.8 Å². The zero-order valence-electron chi connectivity index (χ0n) is 26.5. The van der Waals surface area contributed by atoms with Gasteiger partial charge in [-0.3, -0.25) is 4.79 Å². The number of benzene rings is 2. The summed E-state index contributed by atoms with van der Waals surface area (Å²) in [7, 11) is 0. The van der Waals surface area contributed by atoms with Gasteiger partial charge < -0.3 is 83.9 Å². The van der Waals surface area contributed by atoms with E-state index in [0.29, 0.717) is 0 Å². The molecule has 3 saturated heterocycles. The van der Waals surface area contributed by atoms with Crippen LogP contribution in [-0.4, -0.2) is 144 Å². The third-order valence-corrected chi connectivity index (χ3v) is 8.86. The van der Waals surface area contributed by atoms with Crippen LogP contribution in [0.1, 0.15) is 13.8 Å². The van der Waals surface area contributed by atoms with Crippen molar-refractivity contribution in [3.63, 3.8) is 0 Å². The predicted octanol–water partition coefficient (Wildman–Crippen LogP) is -2.25. The van der Waals surface area contributed by atoms with Crippen molar-refractivity contribution in [3.05, 3.63) is 46.6 Å². The SMILES string of the molecule is C[C@@H]1O[C@@H](Oc2c(-c3ccc(O)cc3)oc3cc(O[C@@H]4O[C@H](C)[C@H](O)[C@H](O)[C@@H]4O)cc(O)c3c2=O)[C@@H](O[C@H]2OC[C@@H](O)[C@H](O)[C@@H]2O)[C@H](O)[C@H]1O. The van der Waals surface area contributed by atoms with E-state index >= 15 is 0 Å². The van der Waals surface area contributed by atoms with E-state index in [9.17, 15) is 55.9 Å². The molecule has 0 bridgehead atoms. The summed E-state index contributed by atoms with van der Waals surface area (Å²) in [5, 5.41) is 103. The van der Waals surface area contributed by atoms with Gasteiger partial charge in [-0.1, -0.05) is 0 Å². The average Bonchev–Trinajstić information content (AvgIpc) is 3.08. The Bertz CT molecular complexity index is 1710. The molecule has 50 heavy (non-hydrogen) atoms. The second-order valence-electron chi connectivity index (χ2n) is 12.4. The van der Waals surface area contributed by atoms with Gasteiger partial charge in [-0.2, -0.15) is 0 Å². The molecule has 0 radical (unpaired) electrons. The number of phenols is 2. The van der Waals surface area contributed by atoms with Crippen LogP contribution in [-0.2, 0) is 18.9 Å². The van der Waals surface area contributed by atoms with Crippen LogP contribution in [0, 0.1) is 0 Å². The standard InChI is InChI=1S/C32H38O18/c1-10-19(36)23(40)26(43)31(45-10)47-14-7-15(34)18-17(8-14)48-27(12-3-5-13(33)6-4-12)28(22(18)39)49-32-29(24(41)20(37)11(2)46-32)50-30-25(42)21(38)16(35)9-44-30/h3-8,10-11,16,19-21,23-26,29-38,40-43H,9H2,1-2H3/t10-,11+,16-,19+,20+,21+,23+,24-,25+,26+,29+,30-,31+,32+/m1/s1. The van der Waals surface area contributed by atoms with Gasteiger partial charge in [0.25, 0.3) is 0 Å². The summed E-state index contributed by atoms with van der Waals surface area (Å²) in [6, 6.07) is 7.53. The smallest absolute Gasteiger partial charge is 0.239 e. The molecule has 0 spiro atoms. The normalized spacial score (nSPS) is 37.8. The molecule has 18 heteroatoms. The van der Waals surface area contributed by atoms with Crippen molar-refractivity contribution in [2.45, 2.75) is 99.9 Å². The van der Waals surface area contributed by atoms with E-state index in [2.05, 4.69) is 0 Å². The number of ether oxygens (including phenoxy) is 6. The maximum Gasteiger partial charge on any atom is 0.239 e. The Labute approximate surface area is 282 Å². The Morgan fingerprint density at radius 1 is 0.700 bits per heavy atom. The second-order valence-corrected chi connectivity index (χ2v) is 12.4. The molecular weight excluding hydrogens is 672 g/mol. The van der Waals surface area contributed by atoms with Crippen molar-refractivity contribution in [2.24, 2.45) is 0 Å². The lowest BCUT2D eigenvalue weighted by Gasteiger charge is -2.44. The first kappa shape index (κ1) is 36.2. The van der Waals surface area contributed by atoms with Gasteiger partial charge in [-0.15, -0.1) is 0 Å². The molecule has 3 aromatic rings. The minimum atomic E-state index is -1.80. The zero-order chi connectivity index (χ0) is 36.2.